The summed E-state index contributed by atoms with van der Waals surface area (Å²) in [6.45, 7) is 0. The molecule has 2 aromatic carbocycles. The molecule has 0 heterocycles. The Bertz CT molecular complexity index is 408. The molecule has 2 rings (SSSR count). The minimum Gasteiger partial charge on any atom is -0.121 e. The van der Waals surface area contributed by atoms with Gasteiger partial charge >= 0.3 is 0 Å². The van der Waals surface area contributed by atoms with E-state index in [2.05, 4.69) is 62.4 Å². The summed E-state index contributed by atoms with van der Waals surface area (Å²) in [6.07, 6.45) is 0. The van der Waals surface area contributed by atoms with E-state index in [0.717, 1.165) is 5.75 Å². The monoisotopic (exact) mass is 212 g/mol. The van der Waals surface area contributed by atoms with Crippen LogP contribution in [0.2, 0.25) is 0 Å². The topological polar surface area (TPSA) is 0 Å². The van der Waals surface area contributed by atoms with Crippen LogP contribution in [-0.4, -0.2) is 7.85 Å². The lowest BCUT2D eigenvalue weighted by atomic mass is 9.97. The van der Waals surface area contributed by atoms with E-state index in [9.17, 15) is 0 Å². The Balaban J connectivity index is 1.96. The first-order valence-electron chi connectivity index (χ1n) is 5.08. The van der Waals surface area contributed by atoms with E-state index in [-0.39, 0.29) is 0 Å². The van der Waals surface area contributed by atoms with Gasteiger partial charge in [0, 0.05) is 10.6 Å². The molecule has 0 N–H and O–H groups in total. The minimum atomic E-state index is 1.05. The maximum atomic E-state index is 2.18. The molecule has 0 aliphatic heterocycles. The zero-order chi connectivity index (χ0) is 10.5. The SMILES string of the molecule is Bc1ccc(SCc2ccccc2)cc1. The standard InChI is InChI=1S/C13H13BS/c14-12-6-8-13(9-7-12)15-10-11-4-2-1-3-5-11/h1-9H,10,14H2. The van der Waals surface area contributed by atoms with Gasteiger partial charge in [0.05, 0.1) is 0 Å². The van der Waals surface area contributed by atoms with Crippen molar-refractivity contribution < 1.29 is 0 Å². The predicted octanol–water partition coefficient (Wildman–Crippen LogP) is 2.24. The van der Waals surface area contributed by atoms with Gasteiger partial charge in [0.25, 0.3) is 0 Å². The summed E-state index contributed by atoms with van der Waals surface area (Å²) >= 11 is 1.88. The smallest absolute Gasteiger partial charge is 0.121 e. The predicted molar refractivity (Wildman–Crippen MR) is 70.6 cm³/mol. The molecule has 2 heteroatoms. The van der Waals surface area contributed by atoms with Gasteiger partial charge < -0.3 is 0 Å². The van der Waals surface area contributed by atoms with E-state index in [4.69, 9.17) is 0 Å². The zero-order valence-corrected chi connectivity index (χ0v) is 9.63. The molecule has 0 saturated carbocycles. The Kier molecular flexibility index (Phi) is 3.52. The number of benzene rings is 2. The molecular formula is C13H13BS. The first-order valence-corrected chi connectivity index (χ1v) is 6.06. The molecule has 0 amide bonds. The van der Waals surface area contributed by atoms with Crippen molar-refractivity contribution in [2.24, 2.45) is 0 Å². The van der Waals surface area contributed by atoms with Gasteiger partial charge in [-0.3, -0.25) is 0 Å². The molecule has 0 radical (unpaired) electrons. The zero-order valence-electron chi connectivity index (χ0n) is 8.81. The van der Waals surface area contributed by atoms with Crippen LogP contribution in [0.4, 0.5) is 0 Å². The molecule has 0 atom stereocenters. The van der Waals surface area contributed by atoms with Crippen molar-refractivity contribution in [3.05, 3.63) is 60.2 Å². The van der Waals surface area contributed by atoms with Crippen molar-refractivity contribution in [2.75, 3.05) is 0 Å². The molecule has 0 nitrogen and oxygen atoms in total. The lowest BCUT2D eigenvalue weighted by molar-refractivity contribution is 1.39. The minimum absolute atomic E-state index is 1.05. The van der Waals surface area contributed by atoms with Crippen molar-refractivity contribution >= 4 is 25.1 Å². The van der Waals surface area contributed by atoms with Crippen LogP contribution in [0.3, 0.4) is 0 Å². The molecule has 2 aromatic rings. The highest BCUT2D eigenvalue weighted by Crippen LogP contribution is 2.21. The van der Waals surface area contributed by atoms with Gasteiger partial charge in [0.15, 0.2) is 0 Å². The average Bonchev–Trinajstić information content (AvgIpc) is 2.30. The Labute approximate surface area is 96.1 Å². The van der Waals surface area contributed by atoms with E-state index in [1.165, 1.54) is 15.9 Å². The van der Waals surface area contributed by atoms with Gasteiger partial charge in [-0.2, -0.15) is 0 Å². The van der Waals surface area contributed by atoms with Crippen molar-refractivity contribution in [2.45, 2.75) is 10.6 Å². The molecule has 0 spiro atoms. The van der Waals surface area contributed by atoms with Gasteiger partial charge in [0.2, 0.25) is 0 Å². The molecule has 0 aromatic heterocycles. The first kappa shape index (κ1) is 10.4. The quantitative estimate of drug-likeness (QED) is 0.555. The summed E-state index contributed by atoms with van der Waals surface area (Å²) in [4.78, 5) is 1.34. The molecule has 0 bridgehead atoms. The Morgan fingerprint density at radius 3 is 2.20 bits per heavy atom. The summed E-state index contributed by atoms with van der Waals surface area (Å²) in [7, 11) is 2.12. The average molecular weight is 212 g/mol. The van der Waals surface area contributed by atoms with E-state index in [1.807, 2.05) is 11.8 Å². The van der Waals surface area contributed by atoms with Crippen molar-refractivity contribution in [3.8, 4) is 0 Å². The summed E-state index contributed by atoms with van der Waals surface area (Å²) in [5.74, 6) is 1.05. The highest BCUT2D eigenvalue weighted by atomic mass is 32.2. The number of hydrogen-bond acceptors (Lipinski definition) is 1. The molecule has 0 saturated heterocycles. The fourth-order valence-corrected chi connectivity index (χ4v) is 2.23. The maximum absolute atomic E-state index is 2.18. The second-order valence-electron chi connectivity index (χ2n) is 3.59. The highest BCUT2D eigenvalue weighted by molar-refractivity contribution is 7.98. The third kappa shape index (κ3) is 3.17. The van der Waals surface area contributed by atoms with Crippen LogP contribution in [0.25, 0.3) is 0 Å². The van der Waals surface area contributed by atoms with E-state index < -0.39 is 0 Å². The van der Waals surface area contributed by atoms with Gasteiger partial charge in [0.1, 0.15) is 7.85 Å². The third-order valence-electron chi connectivity index (χ3n) is 2.27. The van der Waals surface area contributed by atoms with Gasteiger partial charge in [-0.1, -0.05) is 47.9 Å². The van der Waals surface area contributed by atoms with Crippen LogP contribution in [0, 0.1) is 0 Å². The Morgan fingerprint density at radius 2 is 1.53 bits per heavy atom. The second kappa shape index (κ2) is 5.08. The van der Waals surface area contributed by atoms with Gasteiger partial charge in [-0.25, -0.2) is 0 Å². The van der Waals surface area contributed by atoms with Gasteiger partial charge in [-0.15, -0.1) is 11.8 Å². The first-order chi connectivity index (χ1) is 7.34. The second-order valence-corrected chi connectivity index (χ2v) is 4.64. The van der Waals surface area contributed by atoms with Crippen molar-refractivity contribution in [1.29, 1.82) is 0 Å². The fourth-order valence-electron chi connectivity index (χ4n) is 1.38. The molecule has 0 fully saturated rings. The van der Waals surface area contributed by atoms with Crippen LogP contribution < -0.4 is 5.46 Å². The van der Waals surface area contributed by atoms with Crippen LogP contribution in [0.1, 0.15) is 5.56 Å². The van der Waals surface area contributed by atoms with Crippen molar-refractivity contribution in [3.63, 3.8) is 0 Å². The van der Waals surface area contributed by atoms with E-state index >= 15 is 0 Å². The van der Waals surface area contributed by atoms with Gasteiger partial charge in [-0.05, 0) is 17.7 Å². The normalized spacial score (nSPS) is 10.1. The summed E-state index contributed by atoms with van der Waals surface area (Å²) in [5, 5.41) is 0. The van der Waals surface area contributed by atoms with Crippen LogP contribution in [0.15, 0.2) is 59.5 Å². The Hall–Kier alpha value is -1.15. The van der Waals surface area contributed by atoms with Crippen molar-refractivity contribution in [1.82, 2.24) is 0 Å². The molecule has 15 heavy (non-hydrogen) atoms. The molecule has 0 aliphatic carbocycles. The molecular weight excluding hydrogens is 199 g/mol. The van der Waals surface area contributed by atoms with Crippen LogP contribution in [0.5, 0.6) is 0 Å². The summed E-state index contributed by atoms with van der Waals surface area (Å²) in [6, 6.07) is 19.3. The van der Waals surface area contributed by atoms with E-state index in [0.29, 0.717) is 0 Å². The fraction of sp³-hybridized carbons (Fsp3) is 0.0769. The number of hydrogen-bond donors (Lipinski definition) is 0. The molecule has 0 aliphatic rings. The highest BCUT2D eigenvalue weighted by Gasteiger charge is 1.94. The number of thioether (sulfide) groups is 1. The lowest BCUT2D eigenvalue weighted by Crippen LogP contribution is -1.98. The Morgan fingerprint density at radius 1 is 0.867 bits per heavy atom. The maximum Gasteiger partial charge on any atom is 0.139 e. The third-order valence-corrected chi connectivity index (χ3v) is 3.35. The summed E-state index contributed by atoms with van der Waals surface area (Å²) in [5.41, 5.74) is 2.70. The molecule has 74 valence electrons. The summed E-state index contributed by atoms with van der Waals surface area (Å²) < 4.78 is 0. The van der Waals surface area contributed by atoms with Crippen LogP contribution in [-0.2, 0) is 5.75 Å². The van der Waals surface area contributed by atoms with Crippen LogP contribution >= 0.6 is 11.8 Å². The number of rotatable bonds is 3. The molecule has 0 unspecified atom stereocenters. The largest absolute Gasteiger partial charge is 0.139 e. The van der Waals surface area contributed by atoms with E-state index in [1.54, 1.807) is 0 Å². The lowest BCUT2D eigenvalue weighted by Gasteiger charge is -2.02.